The van der Waals surface area contributed by atoms with E-state index in [9.17, 15) is 9.18 Å². The number of unbranched alkanes of at least 4 members (excludes halogenated alkanes) is 5. The Kier molecular flexibility index (Phi) is 9.74. The molecule has 0 saturated carbocycles. The van der Waals surface area contributed by atoms with Crippen LogP contribution in [0.25, 0.3) is 11.1 Å². The molecule has 0 aliphatic heterocycles. The summed E-state index contributed by atoms with van der Waals surface area (Å²) in [6.45, 7) is 4.63. The summed E-state index contributed by atoms with van der Waals surface area (Å²) in [5.74, 6) is -0.190. The van der Waals surface area contributed by atoms with Gasteiger partial charge in [0.1, 0.15) is 5.82 Å². The molecule has 0 fully saturated rings. The summed E-state index contributed by atoms with van der Waals surface area (Å²) >= 11 is 0. The standard InChI is InChI=1S/C25H33FO2/c1-3-4-5-6-7-11-14-25(27)28-18-17-20(2)22-15-16-23(24(26)19-22)21-12-9-8-10-13-21/h8-10,12-13,15-16,19-20H,3-7,11,14,17-18H2,1-2H3. The van der Waals surface area contributed by atoms with Gasteiger partial charge in [0.15, 0.2) is 0 Å². The molecule has 0 radical (unpaired) electrons. The number of ether oxygens (including phenoxy) is 1. The average Bonchev–Trinajstić information content (AvgIpc) is 2.71. The molecule has 0 aliphatic rings. The second kappa shape index (κ2) is 12.3. The lowest BCUT2D eigenvalue weighted by Gasteiger charge is -2.14. The van der Waals surface area contributed by atoms with E-state index in [1.807, 2.05) is 49.4 Å². The van der Waals surface area contributed by atoms with Crippen molar-refractivity contribution in [2.45, 2.75) is 71.1 Å². The fraction of sp³-hybridized carbons (Fsp3) is 0.480. The minimum Gasteiger partial charge on any atom is -0.466 e. The maximum Gasteiger partial charge on any atom is 0.305 e. The van der Waals surface area contributed by atoms with E-state index in [0.29, 0.717) is 25.0 Å². The van der Waals surface area contributed by atoms with E-state index in [1.165, 1.54) is 25.7 Å². The Bertz CT molecular complexity index is 712. The van der Waals surface area contributed by atoms with Crippen LogP contribution in [0.4, 0.5) is 4.39 Å². The summed E-state index contributed by atoms with van der Waals surface area (Å²) in [5.41, 5.74) is 2.42. The van der Waals surface area contributed by atoms with Gasteiger partial charge in [-0.1, -0.05) is 88.4 Å². The number of carbonyl (C=O) groups is 1. The quantitative estimate of drug-likeness (QED) is 0.284. The molecule has 1 unspecified atom stereocenters. The van der Waals surface area contributed by atoms with Gasteiger partial charge in [0.05, 0.1) is 6.61 Å². The Hall–Kier alpha value is -2.16. The SMILES string of the molecule is CCCCCCCCC(=O)OCCC(C)c1ccc(-c2ccccc2)c(F)c1. The molecule has 152 valence electrons. The molecule has 2 rings (SSSR count). The van der Waals surface area contributed by atoms with Crippen LogP contribution in [0.15, 0.2) is 48.5 Å². The first kappa shape index (κ1) is 22.1. The molecule has 1 atom stereocenters. The van der Waals surface area contributed by atoms with Crippen molar-refractivity contribution in [1.82, 2.24) is 0 Å². The molecule has 2 aromatic carbocycles. The highest BCUT2D eigenvalue weighted by molar-refractivity contribution is 5.69. The Morgan fingerprint density at radius 3 is 2.43 bits per heavy atom. The van der Waals surface area contributed by atoms with E-state index < -0.39 is 0 Å². The maximum atomic E-state index is 14.5. The van der Waals surface area contributed by atoms with Gasteiger partial charge in [-0.2, -0.15) is 0 Å². The second-order valence-corrected chi connectivity index (χ2v) is 7.53. The van der Waals surface area contributed by atoms with E-state index in [1.54, 1.807) is 6.07 Å². The predicted octanol–water partition coefficient (Wildman–Crippen LogP) is 7.28. The van der Waals surface area contributed by atoms with Gasteiger partial charge in [-0.05, 0) is 36.0 Å². The van der Waals surface area contributed by atoms with Gasteiger partial charge in [0, 0.05) is 12.0 Å². The average molecular weight is 385 g/mol. The summed E-state index contributed by atoms with van der Waals surface area (Å²) in [6.07, 6.45) is 8.16. The number of rotatable bonds is 12. The van der Waals surface area contributed by atoms with Gasteiger partial charge in [0.25, 0.3) is 0 Å². The van der Waals surface area contributed by atoms with Crippen molar-refractivity contribution in [1.29, 1.82) is 0 Å². The van der Waals surface area contributed by atoms with Gasteiger partial charge in [-0.3, -0.25) is 4.79 Å². The first-order chi connectivity index (χ1) is 13.6. The van der Waals surface area contributed by atoms with Crippen LogP contribution >= 0.6 is 0 Å². The molecule has 0 saturated heterocycles. The van der Waals surface area contributed by atoms with Gasteiger partial charge < -0.3 is 4.74 Å². The van der Waals surface area contributed by atoms with Crippen LogP contribution in [-0.2, 0) is 9.53 Å². The molecule has 0 amide bonds. The predicted molar refractivity (Wildman–Crippen MR) is 114 cm³/mol. The molecule has 2 nitrogen and oxygen atoms in total. The molecule has 28 heavy (non-hydrogen) atoms. The van der Waals surface area contributed by atoms with Crippen LogP contribution in [-0.4, -0.2) is 12.6 Å². The van der Waals surface area contributed by atoms with Crippen molar-refractivity contribution < 1.29 is 13.9 Å². The normalized spacial score (nSPS) is 12.0. The van der Waals surface area contributed by atoms with Crippen LogP contribution in [0.3, 0.4) is 0 Å². The number of hydrogen-bond donors (Lipinski definition) is 0. The summed E-state index contributed by atoms with van der Waals surface area (Å²) in [6, 6.07) is 15.0. The molecular formula is C25H33FO2. The van der Waals surface area contributed by atoms with Gasteiger partial charge in [-0.25, -0.2) is 4.39 Å². The van der Waals surface area contributed by atoms with Crippen LogP contribution in [0, 0.1) is 5.82 Å². The van der Waals surface area contributed by atoms with Crippen molar-refractivity contribution in [3.63, 3.8) is 0 Å². The largest absolute Gasteiger partial charge is 0.466 e. The molecule has 2 aromatic rings. The molecule has 0 bridgehead atoms. The molecule has 0 aromatic heterocycles. The van der Waals surface area contributed by atoms with Crippen LogP contribution in [0.5, 0.6) is 0 Å². The number of carbonyl (C=O) groups excluding carboxylic acids is 1. The fourth-order valence-corrected chi connectivity index (χ4v) is 3.33. The lowest BCUT2D eigenvalue weighted by molar-refractivity contribution is -0.143. The third-order valence-corrected chi connectivity index (χ3v) is 5.20. The highest BCUT2D eigenvalue weighted by atomic mass is 19.1. The molecule has 3 heteroatoms. The van der Waals surface area contributed by atoms with E-state index in [4.69, 9.17) is 4.74 Å². The second-order valence-electron chi connectivity index (χ2n) is 7.53. The van der Waals surface area contributed by atoms with Crippen molar-refractivity contribution in [3.05, 3.63) is 59.9 Å². The molecule has 0 spiro atoms. The Morgan fingerprint density at radius 1 is 1.00 bits per heavy atom. The van der Waals surface area contributed by atoms with E-state index in [0.717, 1.165) is 24.0 Å². The summed E-state index contributed by atoms with van der Waals surface area (Å²) in [5, 5.41) is 0. The zero-order chi connectivity index (χ0) is 20.2. The van der Waals surface area contributed by atoms with Crippen molar-refractivity contribution in [2.24, 2.45) is 0 Å². The Morgan fingerprint density at radius 2 is 1.71 bits per heavy atom. The summed E-state index contributed by atoms with van der Waals surface area (Å²) < 4.78 is 19.9. The minimum atomic E-state index is -0.212. The molecule has 0 aliphatic carbocycles. The molecule has 0 heterocycles. The van der Waals surface area contributed by atoms with Crippen molar-refractivity contribution in [2.75, 3.05) is 6.61 Å². The van der Waals surface area contributed by atoms with E-state index in [2.05, 4.69) is 6.92 Å². The first-order valence-electron chi connectivity index (χ1n) is 10.6. The van der Waals surface area contributed by atoms with E-state index in [-0.39, 0.29) is 17.7 Å². The highest BCUT2D eigenvalue weighted by Crippen LogP contribution is 2.27. The molecule has 0 N–H and O–H groups in total. The van der Waals surface area contributed by atoms with Gasteiger partial charge >= 0.3 is 5.97 Å². The lowest BCUT2D eigenvalue weighted by Crippen LogP contribution is -2.08. The zero-order valence-corrected chi connectivity index (χ0v) is 17.3. The monoisotopic (exact) mass is 384 g/mol. The van der Waals surface area contributed by atoms with Crippen molar-refractivity contribution >= 4 is 5.97 Å². The lowest BCUT2D eigenvalue weighted by atomic mass is 9.95. The number of esters is 1. The zero-order valence-electron chi connectivity index (χ0n) is 17.3. The topological polar surface area (TPSA) is 26.3 Å². The number of hydrogen-bond acceptors (Lipinski definition) is 2. The number of benzene rings is 2. The van der Waals surface area contributed by atoms with Crippen molar-refractivity contribution in [3.8, 4) is 11.1 Å². The highest BCUT2D eigenvalue weighted by Gasteiger charge is 2.12. The number of halogens is 1. The third-order valence-electron chi connectivity index (χ3n) is 5.20. The summed E-state index contributed by atoms with van der Waals surface area (Å²) in [4.78, 5) is 11.8. The maximum absolute atomic E-state index is 14.5. The fourth-order valence-electron chi connectivity index (χ4n) is 3.33. The van der Waals surface area contributed by atoms with Crippen LogP contribution in [0.2, 0.25) is 0 Å². The first-order valence-corrected chi connectivity index (χ1v) is 10.6. The Labute approximate surface area is 169 Å². The molecular weight excluding hydrogens is 351 g/mol. The smallest absolute Gasteiger partial charge is 0.305 e. The van der Waals surface area contributed by atoms with Gasteiger partial charge in [-0.15, -0.1) is 0 Å². The van der Waals surface area contributed by atoms with Crippen LogP contribution < -0.4 is 0 Å². The van der Waals surface area contributed by atoms with Gasteiger partial charge in [0.2, 0.25) is 0 Å². The summed E-state index contributed by atoms with van der Waals surface area (Å²) in [7, 11) is 0. The Balaban J connectivity index is 1.72. The van der Waals surface area contributed by atoms with E-state index >= 15 is 0 Å². The third kappa shape index (κ3) is 7.46. The minimum absolute atomic E-state index is 0.117. The van der Waals surface area contributed by atoms with Crippen LogP contribution in [0.1, 0.15) is 76.7 Å².